The summed E-state index contributed by atoms with van der Waals surface area (Å²) in [6.45, 7) is -0.761. The monoisotopic (exact) mass is 401 g/mol. The molecule has 0 fully saturated rings. The predicted octanol–water partition coefficient (Wildman–Crippen LogP) is 3.35. The molecular formula is C16H16ClNO5S2. The molecule has 0 saturated heterocycles. The van der Waals surface area contributed by atoms with Gasteiger partial charge in [0.2, 0.25) is 0 Å². The summed E-state index contributed by atoms with van der Waals surface area (Å²) in [4.78, 5) is 12.1. The van der Waals surface area contributed by atoms with E-state index in [9.17, 15) is 18.3 Å². The lowest BCUT2D eigenvalue weighted by atomic mass is 10.3. The smallest absolute Gasteiger partial charge is 0.324 e. The van der Waals surface area contributed by atoms with E-state index in [-0.39, 0.29) is 21.4 Å². The highest BCUT2D eigenvalue weighted by atomic mass is 35.5. The molecule has 0 heterocycles. The first kappa shape index (κ1) is 19.4. The van der Waals surface area contributed by atoms with Crippen LogP contribution in [-0.4, -0.2) is 39.4 Å². The Hall–Kier alpha value is -1.90. The van der Waals surface area contributed by atoms with Gasteiger partial charge in [-0.3, -0.25) is 9.10 Å². The van der Waals surface area contributed by atoms with Gasteiger partial charge >= 0.3 is 5.97 Å². The summed E-state index contributed by atoms with van der Waals surface area (Å²) in [5.41, 5.74) is 0.0614. The lowest BCUT2D eigenvalue weighted by Crippen LogP contribution is -2.36. The number of carbonyl (C=O) groups is 1. The molecule has 0 aromatic heterocycles. The Morgan fingerprint density at radius 3 is 2.40 bits per heavy atom. The fourth-order valence-electron chi connectivity index (χ4n) is 2.16. The predicted molar refractivity (Wildman–Crippen MR) is 98.4 cm³/mol. The molecular weight excluding hydrogens is 386 g/mol. The number of aliphatic carboxylic acids is 1. The number of rotatable bonds is 7. The molecule has 134 valence electrons. The molecule has 2 rings (SSSR count). The van der Waals surface area contributed by atoms with E-state index in [1.165, 1.54) is 49.2 Å². The summed E-state index contributed by atoms with van der Waals surface area (Å²) in [5, 5.41) is 9.45. The van der Waals surface area contributed by atoms with E-state index in [0.717, 1.165) is 9.20 Å². The van der Waals surface area contributed by atoms with E-state index in [4.69, 9.17) is 16.3 Å². The topological polar surface area (TPSA) is 83.9 Å². The first-order chi connectivity index (χ1) is 11.8. The minimum atomic E-state index is -4.12. The summed E-state index contributed by atoms with van der Waals surface area (Å²) in [6, 6.07) is 10.6. The van der Waals surface area contributed by atoms with Crippen molar-refractivity contribution in [3.63, 3.8) is 0 Å². The van der Waals surface area contributed by atoms with Crippen molar-refractivity contribution in [3.05, 3.63) is 47.5 Å². The van der Waals surface area contributed by atoms with Gasteiger partial charge in [-0.2, -0.15) is 0 Å². The van der Waals surface area contributed by atoms with Gasteiger partial charge < -0.3 is 9.84 Å². The number of sulfonamides is 1. The molecule has 0 bridgehead atoms. The van der Waals surface area contributed by atoms with Crippen LogP contribution in [0.4, 0.5) is 5.69 Å². The average molecular weight is 402 g/mol. The molecule has 0 spiro atoms. The van der Waals surface area contributed by atoms with Crippen LogP contribution in [0, 0.1) is 0 Å². The van der Waals surface area contributed by atoms with Crippen molar-refractivity contribution in [1.82, 2.24) is 0 Å². The molecule has 2 aromatic rings. The number of anilines is 1. The van der Waals surface area contributed by atoms with Crippen LogP contribution in [0.1, 0.15) is 0 Å². The van der Waals surface area contributed by atoms with E-state index in [2.05, 4.69) is 0 Å². The van der Waals surface area contributed by atoms with Crippen molar-refractivity contribution in [3.8, 4) is 5.75 Å². The number of carboxylic acid groups (broad SMARTS) is 1. The van der Waals surface area contributed by atoms with E-state index in [1.807, 2.05) is 6.26 Å². The van der Waals surface area contributed by atoms with Gasteiger partial charge in [-0.25, -0.2) is 8.42 Å². The van der Waals surface area contributed by atoms with Gasteiger partial charge in [0.05, 0.1) is 17.7 Å². The van der Waals surface area contributed by atoms with Gasteiger partial charge in [-0.05, 0) is 48.7 Å². The highest BCUT2D eigenvalue weighted by molar-refractivity contribution is 7.98. The summed E-state index contributed by atoms with van der Waals surface area (Å²) in [7, 11) is -2.75. The van der Waals surface area contributed by atoms with Crippen molar-refractivity contribution >= 4 is 45.0 Å². The largest absolute Gasteiger partial charge is 0.495 e. The van der Waals surface area contributed by atoms with E-state index in [0.29, 0.717) is 0 Å². The van der Waals surface area contributed by atoms with Gasteiger partial charge in [-0.1, -0.05) is 11.6 Å². The van der Waals surface area contributed by atoms with Crippen LogP contribution in [0.5, 0.6) is 5.75 Å². The van der Waals surface area contributed by atoms with Gasteiger partial charge in [0.15, 0.2) is 0 Å². The number of thioether (sulfide) groups is 1. The lowest BCUT2D eigenvalue weighted by molar-refractivity contribution is -0.135. The molecule has 0 saturated carbocycles. The van der Waals surface area contributed by atoms with Gasteiger partial charge in [0.1, 0.15) is 12.3 Å². The highest BCUT2D eigenvalue weighted by Crippen LogP contribution is 2.35. The first-order valence-corrected chi connectivity index (χ1v) is 10.1. The van der Waals surface area contributed by atoms with E-state index >= 15 is 0 Å². The Labute approximate surface area is 155 Å². The fraction of sp³-hybridized carbons (Fsp3) is 0.188. The molecule has 0 unspecified atom stereocenters. The van der Waals surface area contributed by atoms with Gasteiger partial charge in [0, 0.05) is 9.92 Å². The van der Waals surface area contributed by atoms with Crippen LogP contribution >= 0.6 is 23.4 Å². The minimum absolute atomic E-state index is 0.0198. The van der Waals surface area contributed by atoms with Gasteiger partial charge in [-0.15, -0.1) is 11.8 Å². The molecule has 25 heavy (non-hydrogen) atoms. The maximum atomic E-state index is 13.0. The lowest BCUT2D eigenvalue weighted by Gasteiger charge is -2.24. The third kappa shape index (κ3) is 4.39. The SMILES string of the molecule is COc1ccc(Cl)cc1N(CC(=O)O)S(=O)(=O)c1ccc(SC)cc1. The second kappa shape index (κ2) is 7.99. The number of carboxylic acids is 1. The number of nitrogens with zero attached hydrogens (tertiary/aromatic N) is 1. The Morgan fingerprint density at radius 2 is 1.88 bits per heavy atom. The van der Waals surface area contributed by atoms with Crippen LogP contribution in [0.25, 0.3) is 0 Å². The van der Waals surface area contributed by atoms with Crippen LogP contribution in [0.2, 0.25) is 5.02 Å². The third-order valence-electron chi connectivity index (χ3n) is 3.34. The number of halogens is 1. The molecule has 9 heteroatoms. The zero-order chi connectivity index (χ0) is 18.6. The number of ether oxygens (including phenoxy) is 1. The quantitative estimate of drug-likeness (QED) is 0.716. The van der Waals surface area contributed by atoms with Gasteiger partial charge in [0.25, 0.3) is 10.0 Å². The molecule has 0 aliphatic carbocycles. The van der Waals surface area contributed by atoms with Crippen molar-refractivity contribution in [1.29, 1.82) is 0 Å². The van der Waals surface area contributed by atoms with Crippen molar-refractivity contribution in [2.45, 2.75) is 9.79 Å². The summed E-state index contributed by atoms with van der Waals surface area (Å²) in [6.07, 6.45) is 1.87. The summed E-state index contributed by atoms with van der Waals surface area (Å²) in [5.74, 6) is -1.10. The van der Waals surface area contributed by atoms with Crippen molar-refractivity contribution < 1.29 is 23.1 Å². The first-order valence-electron chi connectivity index (χ1n) is 7.01. The molecule has 0 aliphatic heterocycles. The van der Waals surface area contributed by atoms with E-state index < -0.39 is 22.5 Å². The molecule has 6 nitrogen and oxygen atoms in total. The summed E-state index contributed by atoms with van der Waals surface area (Å²) >= 11 is 7.43. The van der Waals surface area contributed by atoms with E-state index in [1.54, 1.807) is 12.1 Å². The van der Waals surface area contributed by atoms with Crippen LogP contribution in [0.3, 0.4) is 0 Å². The van der Waals surface area contributed by atoms with Crippen LogP contribution in [0.15, 0.2) is 52.3 Å². The zero-order valence-electron chi connectivity index (χ0n) is 13.5. The maximum absolute atomic E-state index is 13.0. The maximum Gasteiger partial charge on any atom is 0.324 e. The molecule has 0 radical (unpaired) electrons. The third-order valence-corrected chi connectivity index (χ3v) is 6.09. The molecule has 0 atom stereocenters. The zero-order valence-corrected chi connectivity index (χ0v) is 15.9. The second-order valence-electron chi connectivity index (χ2n) is 4.90. The molecule has 0 aliphatic rings. The Balaban J connectivity index is 2.60. The Kier molecular flexibility index (Phi) is 6.21. The fourth-order valence-corrected chi connectivity index (χ4v) is 4.15. The molecule has 1 N–H and O–H groups in total. The Morgan fingerprint density at radius 1 is 1.24 bits per heavy atom. The number of methoxy groups -OCH3 is 1. The highest BCUT2D eigenvalue weighted by Gasteiger charge is 2.29. The average Bonchev–Trinajstić information content (AvgIpc) is 2.59. The van der Waals surface area contributed by atoms with Crippen LogP contribution < -0.4 is 9.04 Å². The standard InChI is InChI=1S/C16H16ClNO5S2/c1-23-15-8-3-11(17)9-14(15)18(10-16(19)20)25(21,22)13-6-4-12(24-2)5-7-13/h3-9H,10H2,1-2H3,(H,19,20). The molecule has 2 aromatic carbocycles. The molecule has 0 amide bonds. The summed E-state index contributed by atoms with van der Waals surface area (Å²) < 4.78 is 32.0. The minimum Gasteiger partial charge on any atom is -0.495 e. The Bertz CT molecular complexity index is 869. The normalized spacial score (nSPS) is 11.2. The number of hydrogen-bond donors (Lipinski definition) is 1. The van der Waals surface area contributed by atoms with Crippen LogP contribution in [-0.2, 0) is 14.8 Å². The van der Waals surface area contributed by atoms with Crippen molar-refractivity contribution in [2.24, 2.45) is 0 Å². The number of benzene rings is 2. The number of hydrogen-bond acceptors (Lipinski definition) is 5. The van der Waals surface area contributed by atoms with Crippen molar-refractivity contribution in [2.75, 3.05) is 24.2 Å². The second-order valence-corrected chi connectivity index (χ2v) is 8.08.